The summed E-state index contributed by atoms with van der Waals surface area (Å²) in [5.41, 5.74) is 3.86. The lowest BCUT2D eigenvalue weighted by molar-refractivity contribution is 0.205. The standard InChI is InChI=1S/C22H29N5O2/c1-15-11-17(29-4)5-6-18(15)24-21-12-19-20(13-23-21)26(3)22(28)27(19)14-16-7-9-25(2)10-8-16/h5-6,11-13,16H,7-10,14H2,1-4H3,(H,23,24). The quantitative estimate of drug-likeness (QED) is 0.719. The van der Waals surface area contributed by atoms with Gasteiger partial charge in [0.25, 0.3) is 0 Å². The highest BCUT2D eigenvalue weighted by molar-refractivity contribution is 5.79. The minimum atomic E-state index is 0.0264. The van der Waals surface area contributed by atoms with Crippen molar-refractivity contribution in [2.45, 2.75) is 26.3 Å². The molecule has 1 fully saturated rings. The third-order valence-electron chi connectivity index (χ3n) is 6.01. The predicted octanol–water partition coefficient (Wildman–Crippen LogP) is 3.14. The van der Waals surface area contributed by atoms with E-state index in [1.54, 1.807) is 17.9 Å². The van der Waals surface area contributed by atoms with Gasteiger partial charge in [0.2, 0.25) is 0 Å². The largest absolute Gasteiger partial charge is 0.497 e. The number of pyridine rings is 1. The lowest BCUT2D eigenvalue weighted by atomic mass is 9.97. The van der Waals surface area contributed by atoms with Gasteiger partial charge in [-0.05, 0) is 69.6 Å². The van der Waals surface area contributed by atoms with E-state index in [1.165, 1.54) is 0 Å². The molecule has 154 valence electrons. The number of hydrogen-bond acceptors (Lipinski definition) is 5. The number of nitrogens with zero attached hydrogens (tertiary/aromatic N) is 4. The summed E-state index contributed by atoms with van der Waals surface area (Å²) < 4.78 is 8.89. The SMILES string of the molecule is COc1ccc(Nc2cc3c(cn2)n(C)c(=O)n3CC2CCN(C)CC2)c(C)c1. The zero-order valence-electron chi connectivity index (χ0n) is 17.6. The summed E-state index contributed by atoms with van der Waals surface area (Å²) in [5, 5.41) is 3.38. The van der Waals surface area contributed by atoms with Gasteiger partial charge in [-0.1, -0.05) is 0 Å². The molecule has 0 aliphatic carbocycles. The zero-order valence-corrected chi connectivity index (χ0v) is 17.6. The van der Waals surface area contributed by atoms with Crippen molar-refractivity contribution in [3.05, 3.63) is 46.5 Å². The molecule has 0 unspecified atom stereocenters. The lowest BCUT2D eigenvalue weighted by Crippen LogP contribution is -2.34. The summed E-state index contributed by atoms with van der Waals surface area (Å²) in [5.74, 6) is 2.09. The molecule has 0 spiro atoms. The molecule has 3 aromatic rings. The molecule has 1 saturated heterocycles. The molecule has 0 atom stereocenters. The maximum absolute atomic E-state index is 12.9. The Bertz CT molecular complexity index is 1080. The van der Waals surface area contributed by atoms with Crippen molar-refractivity contribution in [3.63, 3.8) is 0 Å². The predicted molar refractivity (Wildman–Crippen MR) is 116 cm³/mol. The first kappa shape index (κ1) is 19.5. The number of aryl methyl sites for hydroxylation is 2. The number of rotatable bonds is 5. The number of methoxy groups -OCH3 is 1. The number of ether oxygens (including phenoxy) is 1. The molecule has 7 nitrogen and oxygen atoms in total. The smallest absolute Gasteiger partial charge is 0.328 e. The van der Waals surface area contributed by atoms with E-state index in [-0.39, 0.29) is 5.69 Å². The van der Waals surface area contributed by atoms with Gasteiger partial charge in [-0.3, -0.25) is 9.13 Å². The Morgan fingerprint density at radius 3 is 2.62 bits per heavy atom. The fourth-order valence-corrected chi connectivity index (χ4v) is 4.09. The number of likely N-dealkylation sites (tertiary alicyclic amines) is 1. The minimum absolute atomic E-state index is 0.0264. The van der Waals surface area contributed by atoms with Gasteiger partial charge >= 0.3 is 5.69 Å². The van der Waals surface area contributed by atoms with E-state index in [0.717, 1.165) is 66.3 Å². The van der Waals surface area contributed by atoms with Crippen molar-refractivity contribution in [1.82, 2.24) is 19.0 Å². The number of hydrogen-bond donors (Lipinski definition) is 1. The minimum Gasteiger partial charge on any atom is -0.497 e. The van der Waals surface area contributed by atoms with Gasteiger partial charge in [0.05, 0.1) is 24.3 Å². The van der Waals surface area contributed by atoms with Crippen LogP contribution in [0.3, 0.4) is 0 Å². The van der Waals surface area contributed by atoms with Gasteiger partial charge < -0.3 is 15.0 Å². The highest BCUT2D eigenvalue weighted by Crippen LogP contribution is 2.26. The third-order valence-corrected chi connectivity index (χ3v) is 6.01. The molecule has 1 N–H and O–H groups in total. The molecule has 4 rings (SSSR count). The molecule has 1 aliphatic heterocycles. The molecule has 0 radical (unpaired) electrons. The maximum atomic E-state index is 12.9. The molecule has 29 heavy (non-hydrogen) atoms. The van der Waals surface area contributed by atoms with Gasteiger partial charge in [-0.25, -0.2) is 9.78 Å². The normalized spacial score (nSPS) is 15.7. The Morgan fingerprint density at radius 2 is 1.93 bits per heavy atom. The first-order valence-corrected chi connectivity index (χ1v) is 10.1. The molecule has 3 heterocycles. The first-order valence-electron chi connectivity index (χ1n) is 10.1. The van der Waals surface area contributed by atoms with Gasteiger partial charge in [0.1, 0.15) is 11.6 Å². The van der Waals surface area contributed by atoms with Crippen LogP contribution in [0, 0.1) is 12.8 Å². The Labute approximate surface area is 170 Å². The Balaban J connectivity index is 1.65. The molecule has 2 aromatic heterocycles. The molecule has 0 bridgehead atoms. The number of nitrogens with one attached hydrogen (secondary N) is 1. The lowest BCUT2D eigenvalue weighted by Gasteiger charge is -2.29. The van der Waals surface area contributed by atoms with E-state index in [9.17, 15) is 4.79 Å². The summed E-state index contributed by atoms with van der Waals surface area (Å²) >= 11 is 0. The average Bonchev–Trinajstić information content (AvgIpc) is 2.95. The summed E-state index contributed by atoms with van der Waals surface area (Å²) in [6, 6.07) is 7.87. The molecule has 1 aromatic carbocycles. The Hall–Kier alpha value is -2.80. The van der Waals surface area contributed by atoms with Crippen molar-refractivity contribution in [1.29, 1.82) is 0 Å². The van der Waals surface area contributed by atoms with Gasteiger partial charge in [0.15, 0.2) is 0 Å². The number of piperidine rings is 1. The van der Waals surface area contributed by atoms with Crippen LogP contribution in [0.1, 0.15) is 18.4 Å². The summed E-state index contributed by atoms with van der Waals surface area (Å²) in [6.45, 7) is 4.97. The Kier molecular flexibility index (Phi) is 5.32. The molecule has 7 heteroatoms. The number of anilines is 2. The van der Waals surface area contributed by atoms with E-state index >= 15 is 0 Å². The third kappa shape index (κ3) is 3.87. The molecule has 0 saturated carbocycles. The van der Waals surface area contributed by atoms with Crippen LogP contribution in [-0.2, 0) is 13.6 Å². The molecular formula is C22H29N5O2. The van der Waals surface area contributed by atoms with Crippen LogP contribution in [-0.4, -0.2) is 46.3 Å². The second kappa shape index (κ2) is 7.91. The van der Waals surface area contributed by atoms with Gasteiger partial charge in [0, 0.05) is 25.3 Å². The summed E-state index contributed by atoms with van der Waals surface area (Å²) in [6.07, 6.45) is 4.03. The molecular weight excluding hydrogens is 366 g/mol. The van der Waals surface area contributed by atoms with Crippen molar-refractivity contribution in [2.75, 3.05) is 32.6 Å². The van der Waals surface area contributed by atoms with Gasteiger partial charge in [-0.15, -0.1) is 0 Å². The van der Waals surface area contributed by atoms with E-state index in [4.69, 9.17) is 4.74 Å². The molecule has 0 amide bonds. The summed E-state index contributed by atoms with van der Waals surface area (Å²) in [7, 11) is 5.64. The highest BCUT2D eigenvalue weighted by Gasteiger charge is 2.20. The van der Waals surface area contributed by atoms with Crippen molar-refractivity contribution < 1.29 is 4.74 Å². The first-order chi connectivity index (χ1) is 14.0. The highest BCUT2D eigenvalue weighted by atomic mass is 16.5. The van der Waals surface area contributed by atoms with Crippen LogP contribution in [0.25, 0.3) is 11.0 Å². The van der Waals surface area contributed by atoms with E-state index in [2.05, 4.69) is 22.2 Å². The van der Waals surface area contributed by atoms with Crippen molar-refractivity contribution in [3.8, 4) is 5.75 Å². The number of imidazole rings is 1. The fraction of sp³-hybridized carbons (Fsp3) is 0.455. The van der Waals surface area contributed by atoms with Crippen molar-refractivity contribution >= 4 is 22.5 Å². The van der Waals surface area contributed by atoms with E-state index in [0.29, 0.717) is 5.92 Å². The number of benzene rings is 1. The van der Waals surface area contributed by atoms with Crippen LogP contribution < -0.4 is 15.7 Å². The van der Waals surface area contributed by atoms with Crippen LogP contribution in [0.15, 0.2) is 35.3 Å². The summed E-state index contributed by atoms with van der Waals surface area (Å²) in [4.78, 5) is 19.8. The fourth-order valence-electron chi connectivity index (χ4n) is 4.09. The van der Waals surface area contributed by atoms with E-state index in [1.807, 2.05) is 42.8 Å². The Morgan fingerprint density at radius 1 is 1.17 bits per heavy atom. The maximum Gasteiger partial charge on any atom is 0.328 e. The zero-order chi connectivity index (χ0) is 20.5. The number of aromatic nitrogens is 3. The van der Waals surface area contributed by atoms with Gasteiger partial charge in [-0.2, -0.15) is 0 Å². The topological polar surface area (TPSA) is 64.3 Å². The van der Waals surface area contributed by atoms with Crippen LogP contribution in [0.5, 0.6) is 5.75 Å². The second-order valence-corrected chi connectivity index (χ2v) is 8.06. The number of fused-ring (bicyclic) bond motifs is 1. The van der Waals surface area contributed by atoms with Crippen LogP contribution in [0.2, 0.25) is 0 Å². The average molecular weight is 396 g/mol. The van der Waals surface area contributed by atoms with Crippen LogP contribution in [0.4, 0.5) is 11.5 Å². The second-order valence-electron chi connectivity index (χ2n) is 8.06. The van der Waals surface area contributed by atoms with Crippen molar-refractivity contribution in [2.24, 2.45) is 13.0 Å². The molecule has 1 aliphatic rings. The van der Waals surface area contributed by atoms with Crippen LogP contribution >= 0.6 is 0 Å². The monoisotopic (exact) mass is 395 g/mol. The van der Waals surface area contributed by atoms with E-state index < -0.39 is 0 Å².